The van der Waals surface area contributed by atoms with E-state index in [1.807, 2.05) is 13.0 Å². The van der Waals surface area contributed by atoms with Crippen molar-refractivity contribution in [3.05, 3.63) is 57.9 Å². The van der Waals surface area contributed by atoms with Crippen molar-refractivity contribution in [3.63, 3.8) is 0 Å². The number of benzene rings is 1. The first-order valence-electron chi connectivity index (χ1n) is 6.28. The van der Waals surface area contributed by atoms with Crippen LogP contribution in [0, 0.1) is 17.0 Å². The Morgan fingerprint density at radius 2 is 2.10 bits per heavy atom. The van der Waals surface area contributed by atoms with Gasteiger partial charge in [-0.05, 0) is 35.7 Å². The number of ether oxygens (including phenoxy) is 1. The zero-order chi connectivity index (χ0) is 15.4. The molecule has 0 bridgehead atoms. The molecule has 1 aromatic carbocycles. The van der Waals surface area contributed by atoms with E-state index in [2.05, 4.69) is 9.72 Å². The largest absolute Gasteiger partial charge is 0.469 e. The van der Waals surface area contributed by atoms with Crippen molar-refractivity contribution < 1.29 is 14.5 Å². The number of pyridine rings is 1. The third-order valence-electron chi connectivity index (χ3n) is 3.19. The van der Waals surface area contributed by atoms with Crippen molar-refractivity contribution in [1.82, 2.24) is 4.98 Å². The van der Waals surface area contributed by atoms with E-state index in [-0.39, 0.29) is 12.1 Å². The highest BCUT2D eigenvalue weighted by Crippen LogP contribution is 2.29. The second-order valence-electron chi connectivity index (χ2n) is 4.54. The first kappa shape index (κ1) is 14.6. The average molecular weight is 286 g/mol. The Balaban J connectivity index is 2.56. The van der Waals surface area contributed by atoms with Gasteiger partial charge in [0.2, 0.25) is 0 Å². The number of esters is 1. The summed E-state index contributed by atoms with van der Waals surface area (Å²) >= 11 is 0. The smallest absolute Gasteiger partial charge is 0.310 e. The predicted octanol–water partition coefficient (Wildman–Crippen LogP) is 2.68. The van der Waals surface area contributed by atoms with Crippen molar-refractivity contribution in [2.24, 2.45) is 0 Å². The highest BCUT2D eigenvalue weighted by molar-refractivity contribution is 5.79. The molecule has 0 aliphatic rings. The molecule has 0 spiro atoms. The van der Waals surface area contributed by atoms with Crippen LogP contribution in [0.1, 0.15) is 11.1 Å². The average Bonchev–Trinajstić information content (AvgIpc) is 2.47. The maximum atomic E-state index is 11.5. The molecular formula is C15H14N2O4. The fourth-order valence-corrected chi connectivity index (χ4v) is 2.08. The zero-order valence-corrected chi connectivity index (χ0v) is 11.7. The van der Waals surface area contributed by atoms with Crippen LogP contribution in [0.4, 0.5) is 5.69 Å². The number of nitrogens with zero attached hydrogens (tertiary/aromatic N) is 2. The van der Waals surface area contributed by atoms with Gasteiger partial charge in [-0.1, -0.05) is 0 Å². The Bertz CT molecular complexity index is 698. The van der Waals surface area contributed by atoms with E-state index >= 15 is 0 Å². The lowest BCUT2D eigenvalue weighted by molar-refractivity contribution is -0.384. The normalized spacial score (nSPS) is 10.2. The number of non-ortho nitro benzene ring substituents is 1. The molecule has 0 aliphatic heterocycles. The highest BCUT2D eigenvalue weighted by Gasteiger charge is 2.16. The minimum atomic E-state index is -0.485. The second-order valence-corrected chi connectivity index (χ2v) is 4.54. The van der Waals surface area contributed by atoms with Crippen LogP contribution in [-0.4, -0.2) is 23.0 Å². The van der Waals surface area contributed by atoms with Gasteiger partial charge in [0.25, 0.3) is 5.69 Å². The van der Waals surface area contributed by atoms with Crippen molar-refractivity contribution in [3.8, 4) is 11.1 Å². The van der Waals surface area contributed by atoms with Crippen LogP contribution in [-0.2, 0) is 16.0 Å². The number of aromatic nitrogens is 1. The molecule has 2 rings (SSSR count). The molecular weight excluding hydrogens is 272 g/mol. The van der Waals surface area contributed by atoms with Gasteiger partial charge in [-0.15, -0.1) is 0 Å². The number of hydrogen-bond donors (Lipinski definition) is 0. The maximum Gasteiger partial charge on any atom is 0.310 e. The molecule has 0 unspecified atom stereocenters. The van der Waals surface area contributed by atoms with Gasteiger partial charge in [-0.2, -0.15) is 0 Å². The van der Waals surface area contributed by atoms with Crippen molar-refractivity contribution >= 4 is 11.7 Å². The van der Waals surface area contributed by atoms with Crippen LogP contribution in [0.3, 0.4) is 0 Å². The number of hydrogen-bond acceptors (Lipinski definition) is 5. The molecule has 0 saturated carbocycles. The standard InChI is InChI=1S/C15H14N2O4/c1-10-5-6-16-9-14(10)13-4-3-12(17(19)20)7-11(13)8-15(18)21-2/h3-7,9H,8H2,1-2H3. The summed E-state index contributed by atoms with van der Waals surface area (Å²) in [6.45, 7) is 1.92. The van der Waals surface area contributed by atoms with E-state index in [4.69, 9.17) is 0 Å². The third-order valence-corrected chi connectivity index (χ3v) is 3.19. The Morgan fingerprint density at radius 1 is 1.33 bits per heavy atom. The molecule has 21 heavy (non-hydrogen) atoms. The molecule has 0 fully saturated rings. The summed E-state index contributed by atoms with van der Waals surface area (Å²) in [5.41, 5.74) is 3.05. The molecule has 0 amide bonds. The molecule has 1 aromatic heterocycles. The Labute approximate surface area is 121 Å². The van der Waals surface area contributed by atoms with Gasteiger partial charge in [0, 0.05) is 30.1 Å². The lowest BCUT2D eigenvalue weighted by atomic mass is 9.95. The molecule has 0 radical (unpaired) electrons. The summed E-state index contributed by atoms with van der Waals surface area (Å²) in [7, 11) is 1.29. The minimum absolute atomic E-state index is 0.0259. The number of carbonyl (C=O) groups excluding carboxylic acids is 1. The quantitative estimate of drug-likeness (QED) is 0.490. The first-order chi connectivity index (χ1) is 10.0. The summed E-state index contributed by atoms with van der Waals surface area (Å²) in [4.78, 5) is 26.0. The molecule has 0 saturated heterocycles. The van der Waals surface area contributed by atoms with E-state index in [9.17, 15) is 14.9 Å². The molecule has 0 atom stereocenters. The number of aryl methyl sites for hydroxylation is 1. The summed E-state index contributed by atoms with van der Waals surface area (Å²) in [6, 6.07) is 6.31. The van der Waals surface area contributed by atoms with Gasteiger partial charge in [-0.25, -0.2) is 0 Å². The van der Waals surface area contributed by atoms with Gasteiger partial charge < -0.3 is 4.74 Å². The molecule has 2 aromatic rings. The van der Waals surface area contributed by atoms with Crippen LogP contribution < -0.4 is 0 Å². The predicted molar refractivity (Wildman–Crippen MR) is 76.8 cm³/mol. The zero-order valence-electron chi connectivity index (χ0n) is 11.7. The Kier molecular flexibility index (Phi) is 4.27. The monoisotopic (exact) mass is 286 g/mol. The van der Waals surface area contributed by atoms with E-state index in [0.717, 1.165) is 16.7 Å². The van der Waals surface area contributed by atoms with Gasteiger partial charge in [0.1, 0.15) is 0 Å². The number of rotatable bonds is 4. The van der Waals surface area contributed by atoms with Crippen LogP contribution in [0.2, 0.25) is 0 Å². The Hall–Kier alpha value is -2.76. The molecule has 108 valence electrons. The van der Waals surface area contributed by atoms with E-state index in [0.29, 0.717) is 5.56 Å². The van der Waals surface area contributed by atoms with E-state index < -0.39 is 10.9 Å². The lowest BCUT2D eigenvalue weighted by Gasteiger charge is -2.11. The summed E-state index contributed by atoms with van der Waals surface area (Å²) in [5, 5.41) is 10.9. The second kappa shape index (κ2) is 6.13. The van der Waals surface area contributed by atoms with Crippen LogP contribution in [0.15, 0.2) is 36.7 Å². The van der Waals surface area contributed by atoms with E-state index in [1.54, 1.807) is 18.5 Å². The number of carbonyl (C=O) groups is 1. The van der Waals surface area contributed by atoms with Gasteiger partial charge in [0.15, 0.2) is 0 Å². The Morgan fingerprint density at radius 3 is 2.71 bits per heavy atom. The van der Waals surface area contributed by atoms with Gasteiger partial charge >= 0.3 is 5.97 Å². The molecule has 1 heterocycles. The number of methoxy groups -OCH3 is 1. The summed E-state index contributed by atoms with van der Waals surface area (Å²) in [5.74, 6) is -0.446. The molecule has 6 heteroatoms. The highest BCUT2D eigenvalue weighted by atomic mass is 16.6. The fourth-order valence-electron chi connectivity index (χ4n) is 2.08. The van der Waals surface area contributed by atoms with Crippen molar-refractivity contribution in [1.29, 1.82) is 0 Å². The first-order valence-corrected chi connectivity index (χ1v) is 6.28. The fraction of sp³-hybridized carbons (Fsp3) is 0.200. The summed E-state index contributed by atoms with van der Waals surface area (Å²) < 4.78 is 4.65. The number of nitro groups is 1. The van der Waals surface area contributed by atoms with Gasteiger partial charge in [-0.3, -0.25) is 19.9 Å². The minimum Gasteiger partial charge on any atom is -0.469 e. The molecule has 6 nitrogen and oxygen atoms in total. The van der Waals surface area contributed by atoms with Crippen LogP contribution >= 0.6 is 0 Å². The van der Waals surface area contributed by atoms with Crippen LogP contribution in [0.5, 0.6) is 0 Å². The molecule has 0 N–H and O–H groups in total. The SMILES string of the molecule is COC(=O)Cc1cc([N+](=O)[O-])ccc1-c1cnccc1C. The number of nitro benzene ring substituents is 1. The third kappa shape index (κ3) is 3.22. The van der Waals surface area contributed by atoms with Gasteiger partial charge in [0.05, 0.1) is 18.5 Å². The topological polar surface area (TPSA) is 82.3 Å². The molecule has 0 aliphatic carbocycles. The van der Waals surface area contributed by atoms with Crippen molar-refractivity contribution in [2.75, 3.05) is 7.11 Å². The van der Waals surface area contributed by atoms with Crippen molar-refractivity contribution in [2.45, 2.75) is 13.3 Å². The summed E-state index contributed by atoms with van der Waals surface area (Å²) in [6.07, 6.45) is 3.32. The van der Waals surface area contributed by atoms with Crippen LogP contribution in [0.25, 0.3) is 11.1 Å². The lowest BCUT2D eigenvalue weighted by Crippen LogP contribution is -2.06. The van der Waals surface area contributed by atoms with E-state index in [1.165, 1.54) is 19.2 Å². The maximum absolute atomic E-state index is 11.5.